The van der Waals surface area contributed by atoms with Gasteiger partial charge in [-0.1, -0.05) is 19.9 Å². The number of nitrogens with one attached hydrogen (secondary N) is 2. The van der Waals surface area contributed by atoms with Gasteiger partial charge in [0.1, 0.15) is 17.4 Å². The van der Waals surface area contributed by atoms with Gasteiger partial charge in [-0.2, -0.15) is 4.31 Å². The molecule has 11 nitrogen and oxygen atoms in total. The molecule has 0 spiro atoms. The van der Waals surface area contributed by atoms with Crippen LogP contribution in [0.2, 0.25) is 0 Å². The first-order chi connectivity index (χ1) is 18.6. The second-order valence-electron chi connectivity index (χ2n) is 9.85. The topological polar surface area (TPSA) is 148 Å². The van der Waals surface area contributed by atoms with Crippen LogP contribution in [0.25, 0.3) is 11.0 Å². The van der Waals surface area contributed by atoms with E-state index in [0.717, 1.165) is 4.31 Å². The molecule has 0 aliphatic carbocycles. The lowest BCUT2D eigenvalue weighted by Gasteiger charge is -2.23. The molecule has 0 radical (unpaired) electrons. The van der Waals surface area contributed by atoms with Gasteiger partial charge < -0.3 is 19.8 Å². The molecular formula is C27H32N4O7S. The zero-order chi connectivity index (χ0) is 28.2. The van der Waals surface area contributed by atoms with Crippen LogP contribution in [0, 0.1) is 5.92 Å². The van der Waals surface area contributed by atoms with Crippen molar-refractivity contribution in [1.29, 1.82) is 0 Å². The molecule has 2 amide bonds. The molecule has 1 unspecified atom stereocenters. The largest absolute Gasteiger partial charge is 0.497 e. The molecule has 2 aromatic heterocycles. The van der Waals surface area contributed by atoms with E-state index in [0.29, 0.717) is 29.6 Å². The number of nitrogens with zero attached hydrogens (tertiary/aromatic N) is 2. The number of furan rings is 1. The summed E-state index contributed by atoms with van der Waals surface area (Å²) in [6.07, 6.45) is 2.34. The molecule has 0 bridgehead atoms. The minimum atomic E-state index is -3.95. The smallest absolute Gasteiger partial charge is 0.287 e. The summed E-state index contributed by atoms with van der Waals surface area (Å²) in [5.41, 5.74) is 0.500. The van der Waals surface area contributed by atoms with E-state index in [-0.39, 0.29) is 36.2 Å². The molecule has 1 fully saturated rings. The number of ether oxygens (including phenoxy) is 1. The predicted octanol–water partition coefficient (Wildman–Crippen LogP) is 2.52. The lowest BCUT2D eigenvalue weighted by atomic mass is 10.0. The molecule has 4 rings (SSSR count). The molecule has 1 aliphatic heterocycles. The number of hydrogen-bond acceptors (Lipinski definition) is 8. The number of sulfonamides is 1. The number of ketones is 1. The van der Waals surface area contributed by atoms with E-state index in [1.54, 1.807) is 43.5 Å². The fourth-order valence-electron chi connectivity index (χ4n) is 4.45. The highest BCUT2D eigenvalue weighted by Crippen LogP contribution is 2.24. The summed E-state index contributed by atoms with van der Waals surface area (Å²) in [7, 11) is -2.41. The molecule has 208 valence electrons. The second-order valence-corrected chi connectivity index (χ2v) is 11.7. The SMILES string of the molecule is COc1ccc2oc(C(=O)NC(CC(C)C)C(=O)N[C@H]3CCCN(S(=O)(=O)c4ccccn4)CC3=O)cc2c1. The average Bonchev–Trinajstić information content (AvgIpc) is 3.26. The van der Waals surface area contributed by atoms with Crippen LogP contribution in [-0.4, -0.2) is 67.6 Å². The molecule has 0 saturated carbocycles. The first-order valence-corrected chi connectivity index (χ1v) is 14.1. The zero-order valence-electron chi connectivity index (χ0n) is 22.0. The normalized spacial score (nSPS) is 17.5. The van der Waals surface area contributed by atoms with Crippen LogP contribution < -0.4 is 15.4 Å². The van der Waals surface area contributed by atoms with E-state index in [9.17, 15) is 22.8 Å². The lowest BCUT2D eigenvalue weighted by molar-refractivity contribution is -0.129. The number of aromatic nitrogens is 1. The lowest BCUT2D eigenvalue weighted by Crippen LogP contribution is -2.52. The maximum absolute atomic E-state index is 13.3. The molecule has 1 aliphatic rings. The monoisotopic (exact) mass is 556 g/mol. The Morgan fingerprint density at radius 2 is 2.00 bits per heavy atom. The maximum atomic E-state index is 13.3. The van der Waals surface area contributed by atoms with Gasteiger partial charge in [0.05, 0.1) is 19.7 Å². The van der Waals surface area contributed by atoms with Crippen LogP contribution in [0.5, 0.6) is 5.75 Å². The summed E-state index contributed by atoms with van der Waals surface area (Å²) >= 11 is 0. The number of hydrogen-bond donors (Lipinski definition) is 2. The van der Waals surface area contributed by atoms with E-state index in [1.165, 1.54) is 12.3 Å². The quantitative estimate of drug-likeness (QED) is 0.409. The van der Waals surface area contributed by atoms with Crippen LogP contribution in [-0.2, 0) is 19.6 Å². The van der Waals surface area contributed by atoms with Gasteiger partial charge in [-0.05, 0) is 61.6 Å². The van der Waals surface area contributed by atoms with Gasteiger partial charge in [0, 0.05) is 18.1 Å². The van der Waals surface area contributed by atoms with Crippen molar-refractivity contribution in [2.45, 2.75) is 50.2 Å². The summed E-state index contributed by atoms with van der Waals surface area (Å²) in [5, 5.41) is 6.01. The second kappa shape index (κ2) is 12.0. The number of rotatable bonds is 9. The molecule has 1 aromatic carbocycles. The van der Waals surface area contributed by atoms with Crippen molar-refractivity contribution < 1.29 is 32.0 Å². The predicted molar refractivity (Wildman–Crippen MR) is 143 cm³/mol. The van der Waals surface area contributed by atoms with Crippen molar-refractivity contribution in [3.8, 4) is 5.75 Å². The van der Waals surface area contributed by atoms with E-state index in [1.807, 2.05) is 13.8 Å². The molecule has 2 atom stereocenters. The van der Waals surface area contributed by atoms with Gasteiger partial charge in [-0.25, -0.2) is 13.4 Å². The summed E-state index contributed by atoms with van der Waals surface area (Å²) in [6.45, 7) is 3.57. The summed E-state index contributed by atoms with van der Waals surface area (Å²) < 4.78 is 37.9. The molecule has 3 aromatic rings. The van der Waals surface area contributed by atoms with E-state index in [2.05, 4.69) is 15.6 Å². The van der Waals surface area contributed by atoms with Crippen LogP contribution in [0.3, 0.4) is 0 Å². The maximum Gasteiger partial charge on any atom is 0.287 e. The van der Waals surface area contributed by atoms with Crippen molar-refractivity contribution in [3.63, 3.8) is 0 Å². The zero-order valence-corrected chi connectivity index (χ0v) is 22.9. The van der Waals surface area contributed by atoms with Gasteiger partial charge in [0.15, 0.2) is 16.6 Å². The van der Waals surface area contributed by atoms with E-state index < -0.39 is 39.7 Å². The van der Waals surface area contributed by atoms with Crippen LogP contribution in [0.4, 0.5) is 0 Å². The van der Waals surface area contributed by atoms with Crippen molar-refractivity contribution in [2.24, 2.45) is 5.92 Å². The van der Waals surface area contributed by atoms with Crippen molar-refractivity contribution in [1.82, 2.24) is 19.9 Å². The highest BCUT2D eigenvalue weighted by atomic mass is 32.2. The van der Waals surface area contributed by atoms with Gasteiger partial charge in [0.2, 0.25) is 5.91 Å². The fraction of sp³-hybridized carbons (Fsp3) is 0.407. The number of carbonyl (C=O) groups excluding carboxylic acids is 3. The Kier molecular flexibility index (Phi) is 8.66. The third-order valence-electron chi connectivity index (χ3n) is 6.46. The Hall–Kier alpha value is -3.77. The molecule has 3 heterocycles. The summed E-state index contributed by atoms with van der Waals surface area (Å²) in [4.78, 5) is 43.2. The number of fused-ring (bicyclic) bond motifs is 1. The van der Waals surface area contributed by atoms with Gasteiger partial charge in [-0.15, -0.1) is 0 Å². The first kappa shape index (κ1) is 28.2. The number of amides is 2. The highest BCUT2D eigenvalue weighted by Gasteiger charge is 2.35. The Labute approximate surface area is 227 Å². The highest BCUT2D eigenvalue weighted by molar-refractivity contribution is 7.89. The minimum absolute atomic E-state index is 0.0423. The van der Waals surface area contributed by atoms with E-state index in [4.69, 9.17) is 9.15 Å². The van der Waals surface area contributed by atoms with Crippen molar-refractivity contribution >= 4 is 38.6 Å². The van der Waals surface area contributed by atoms with Crippen molar-refractivity contribution in [3.05, 3.63) is 54.4 Å². The number of pyridine rings is 1. The third kappa shape index (κ3) is 6.63. The van der Waals surface area contributed by atoms with Gasteiger partial charge >= 0.3 is 0 Å². The van der Waals surface area contributed by atoms with Crippen LogP contribution in [0.15, 0.2) is 58.1 Å². The molecule has 2 N–H and O–H groups in total. The Bertz CT molecular complexity index is 1450. The number of Topliss-reactive ketones (excluding diaryl/α,β-unsaturated/α-hetero) is 1. The fourth-order valence-corrected chi connectivity index (χ4v) is 5.83. The van der Waals surface area contributed by atoms with Gasteiger partial charge in [-0.3, -0.25) is 14.4 Å². The third-order valence-corrected chi connectivity index (χ3v) is 8.22. The minimum Gasteiger partial charge on any atom is -0.497 e. The Morgan fingerprint density at radius 3 is 2.69 bits per heavy atom. The van der Waals surface area contributed by atoms with Crippen LogP contribution in [0.1, 0.15) is 43.7 Å². The van der Waals surface area contributed by atoms with E-state index >= 15 is 0 Å². The summed E-state index contributed by atoms with van der Waals surface area (Å²) in [6, 6.07) is 9.46. The Morgan fingerprint density at radius 1 is 1.21 bits per heavy atom. The molecule has 1 saturated heterocycles. The van der Waals surface area contributed by atoms with Gasteiger partial charge in [0.25, 0.3) is 15.9 Å². The standard InChI is InChI=1S/C27H32N4O7S/c1-17(2)13-21(30-27(34)24-15-18-14-19(37-3)9-10-23(18)38-24)26(33)29-20-7-6-12-31(16-22(20)32)39(35,36)25-8-4-5-11-28-25/h4-5,8-11,14-15,17,20-21H,6-7,12-13,16H2,1-3H3,(H,29,33)(H,30,34)/t20-,21?/m0/s1. The molecule has 12 heteroatoms. The number of methoxy groups -OCH3 is 1. The molecular weight excluding hydrogens is 524 g/mol. The molecule has 39 heavy (non-hydrogen) atoms. The van der Waals surface area contributed by atoms with Crippen molar-refractivity contribution in [2.75, 3.05) is 20.2 Å². The first-order valence-electron chi connectivity index (χ1n) is 12.7. The number of benzene rings is 1. The average molecular weight is 557 g/mol. The number of carbonyl (C=O) groups is 3. The Balaban J connectivity index is 1.44. The van der Waals surface area contributed by atoms with Crippen LogP contribution >= 0.6 is 0 Å². The summed E-state index contributed by atoms with van der Waals surface area (Å²) in [5.74, 6) is -0.793.